The summed E-state index contributed by atoms with van der Waals surface area (Å²) in [6, 6.07) is 1.99. The standard InChI is InChI=1S/C11H12N2/c1-8-7-9(2)13-11(12-8)10-5-3-4-6-10/h3-7,10H,1-2H3. The zero-order valence-electron chi connectivity index (χ0n) is 7.86. The summed E-state index contributed by atoms with van der Waals surface area (Å²) in [5.41, 5.74) is 2.08. The van der Waals surface area contributed by atoms with Crippen molar-refractivity contribution in [2.24, 2.45) is 0 Å². The van der Waals surface area contributed by atoms with Crippen LogP contribution in [-0.4, -0.2) is 9.97 Å². The molecule has 0 aliphatic heterocycles. The van der Waals surface area contributed by atoms with E-state index in [9.17, 15) is 0 Å². The zero-order chi connectivity index (χ0) is 9.26. The maximum atomic E-state index is 4.40. The Morgan fingerprint density at radius 2 is 1.54 bits per heavy atom. The van der Waals surface area contributed by atoms with Gasteiger partial charge in [0.15, 0.2) is 0 Å². The maximum absolute atomic E-state index is 4.40. The highest BCUT2D eigenvalue weighted by Gasteiger charge is 2.10. The van der Waals surface area contributed by atoms with Gasteiger partial charge in [0.05, 0.1) is 5.92 Å². The predicted octanol–water partition coefficient (Wildman–Crippen LogP) is 2.30. The van der Waals surface area contributed by atoms with Gasteiger partial charge in [-0.3, -0.25) is 0 Å². The number of aromatic nitrogens is 2. The molecule has 1 aliphatic carbocycles. The number of nitrogens with zero attached hydrogens (tertiary/aromatic N) is 2. The van der Waals surface area contributed by atoms with Crippen LogP contribution in [0.2, 0.25) is 0 Å². The van der Waals surface area contributed by atoms with Gasteiger partial charge in [0.1, 0.15) is 5.82 Å². The normalized spacial score (nSPS) is 15.5. The Balaban J connectivity index is 2.40. The minimum absolute atomic E-state index is 0.276. The fourth-order valence-electron chi connectivity index (χ4n) is 1.51. The van der Waals surface area contributed by atoms with Gasteiger partial charge in [-0.25, -0.2) is 9.97 Å². The van der Waals surface area contributed by atoms with E-state index in [0.717, 1.165) is 17.2 Å². The van der Waals surface area contributed by atoms with Crippen LogP contribution in [0.3, 0.4) is 0 Å². The second-order valence-corrected chi connectivity index (χ2v) is 3.30. The Kier molecular flexibility index (Phi) is 1.97. The fourth-order valence-corrected chi connectivity index (χ4v) is 1.51. The predicted molar refractivity (Wildman–Crippen MR) is 52.5 cm³/mol. The molecule has 1 aromatic rings. The molecule has 2 rings (SSSR count). The lowest BCUT2D eigenvalue weighted by Gasteiger charge is -2.05. The van der Waals surface area contributed by atoms with Crippen LogP contribution >= 0.6 is 0 Å². The van der Waals surface area contributed by atoms with Crippen LogP contribution in [0.25, 0.3) is 0 Å². The van der Waals surface area contributed by atoms with E-state index in [1.807, 2.05) is 32.1 Å². The van der Waals surface area contributed by atoms with Gasteiger partial charge >= 0.3 is 0 Å². The molecule has 13 heavy (non-hydrogen) atoms. The summed E-state index contributed by atoms with van der Waals surface area (Å²) in [5, 5.41) is 0. The molecule has 0 amide bonds. The smallest absolute Gasteiger partial charge is 0.139 e. The highest BCUT2D eigenvalue weighted by atomic mass is 14.9. The van der Waals surface area contributed by atoms with Crippen molar-refractivity contribution in [3.63, 3.8) is 0 Å². The van der Waals surface area contributed by atoms with Gasteiger partial charge in [-0.05, 0) is 19.9 Å². The molecule has 0 spiro atoms. The molecule has 0 bridgehead atoms. The highest BCUT2D eigenvalue weighted by molar-refractivity contribution is 5.28. The monoisotopic (exact) mass is 172 g/mol. The van der Waals surface area contributed by atoms with Gasteiger partial charge in [-0.2, -0.15) is 0 Å². The van der Waals surface area contributed by atoms with E-state index in [1.54, 1.807) is 0 Å². The van der Waals surface area contributed by atoms with Gasteiger partial charge in [-0.1, -0.05) is 24.3 Å². The number of aryl methyl sites for hydroxylation is 2. The largest absolute Gasteiger partial charge is 0.237 e. The van der Waals surface area contributed by atoms with E-state index in [1.165, 1.54) is 0 Å². The van der Waals surface area contributed by atoms with Crippen LogP contribution in [0.5, 0.6) is 0 Å². The molecular formula is C11H12N2. The molecule has 2 heteroatoms. The minimum Gasteiger partial charge on any atom is -0.237 e. The summed E-state index contributed by atoms with van der Waals surface area (Å²) < 4.78 is 0. The van der Waals surface area contributed by atoms with Crippen LogP contribution in [0.15, 0.2) is 30.4 Å². The van der Waals surface area contributed by atoms with E-state index in [4.69, 9.17) is 0 Å². The SMILES string of the molecule is Cc1cc(C)nc(C2C=CC=C2)n1. The molecule has 0 saturated heterocycles. The van der Waals surface area contributed by atoms with Crippen LogP contribution in [-0.2, 0) is 0 Å². The third-order valence-corrected chi connectivity index (χ3v) is 2.05. The fraction of sp³-hybridized carbons (Fsp3) is 0.273. The second kappa shape index (κ2) is 3.13. The first-order chi connectivity index (χ1) is 6.25. The third-order valence-electron chi connectivity index (χ3n) is 2.05. The van der Waals surface area contributed by atoms with Crippen molar-refractivity contribution in [1.29, 1.82) is 0 Å². The van der Waals surface area contributed by atoms with Crippen LogP contribution < -0.4 is 0 Å². The van der Waals surface area contributed by atoms with E-state index in [0.29, 0.717) is 0 Å². The summed E-state index contributed by atoms with van der Waals surface area (Å²) in [6.45, 7) is 4.00. The molecule has 0 radical (unpaired) electrons. The number of hydrogen-bond acceptors (Lipinski definition) is 2. The minimum atomic E-state index is 0.276. The van der Waals surface area contributed by atoms with Crippen molar-refractivity contribution < 1.29 is 0 Å². The first-order valence-electron chi connectivity index (χ1n) is 4.43. The molecule has 66 valence electrons. The van der Waals surface area contributed by atoms with Gasteiger partial charge in [0, 0.05) is 11.4 Å². The van der Waals surface area contributed by atoms with Crippen molar-refractivity contribution in [1.82, 2.24) is 9.97 Å². The lowest BCUT2D eigenvalue weighted by molar-refractivity contribution is 0.877. The molecule has 0 aromatic carbocycles. The summed E-state index contributed by atoms with van der Waals surface area (Å²) >= 11 is 0. The van der Waals surface area contributed by atoms with Crippen LogP contribution in [0.1, 0.15) is 23.1 Å². The van der Waals surface area contributed by atoms with Gasteiger partial charge < -0.3 is 0 Å². The van der Waals surface area contributed by atoms with Crippen molar-refractivity contribution in [2.45, 2.75) is 19.8 Å². The molecule has 0 N–H and O–H groups in total. The summed E-state index contributed by atoms with van der Waals surface area (Å²) in [5.74, 6) is 1.18. The van der Waals surface area contributed by atoms with E-state index in [-0.39, 0.29) is 5.92 Å². The van der Waals surface area contributed by atoms with E-state index >= 15 is 0 Å². The molecular weight excluding hydrogens is 160 g/mol. The topological polar surface area (TPSA) is 25.8 Å². The number of hydrogen-bond donors (Lipinski definition) is 0. The summed E-state index contributed by atoms with van der Waals surface area (Å²) in [7, 11) is 0. The lowest BCUT2D eigenvalue weighted by atomic mass is 10.1. The van der Waals surface area contributed by atoms with Gasteiger partial charge in [-0.15, -0.1) is 0 Å². The Labute approximate surface area is 78.0 Å². The van der Waals surface area contributed by atoms with Gasteiger partial charge in [0.2, 0.25) is 0 Å². The number of allylic oxidation sites excluding steroid dienone is 4. The Morgan fingerprint density at radius 3 is 2.08 bits per heavy atom. The molecule has 1 aliphatic rings. The van der Waals surface area contributed by atoms with Crippen molar-refractivity contribution in [3.05, 3.63) is 47.6 Å². The third kappa shape index (κ3) is 1.66. The summed E-state index contributed by atoms with van der Waals surface area (Å²) in [4.78, 5) is 8.80. The van der Waals surface area contributed by atoms with Crippen LogP contribution in [0, 0.1) is 13.8 Å². The molecule has 0 atom stereocenters. The van der Waals surface area contributed by atoms with Gasteiger partial charge in [0.25, 0.3) is 0 Å². The maximum Gasteiger partial charge on any atom is 0.139 e. The first kappa shape index (κ1) is 8.17. The average Bonchev–Trinajstić information content (AvgIpc) is 2.53. The molecule has 0 saturated carbocycles. The van der Waals surface area contributed by atoms with Crippen molar-refractivity contribution in [3.8, 4) is 0 Å². The highest BCUT2D eigenvalue weighted by Crippen LogP contribution is 2.19. The first-order valence-corrected chi connectivity index (χ1v) is 4.43. The Morgan fingerprint density at radius 1 is 1.00 bits per heavy atom. The van der Waals surface area contributed by atoms with Crippen molar-refractivity contribution in [2.75, 3.05) is 0 Å². The van der Waals surface area contributed by atoms with Crippen LogP contribution in [0.4, 0.5) is 0 Å². The summed E-state index contributed by atoms with van der Waals surface area (Å²) in [6.07, 6.45) is 8.28. The Bertz CT molecular complexity index is 345. The van der Waals surface area contributed by atoms with E-state index in [2.05, 4.69) is 22.1 Å². The Hall–Kier alpha value is -1.44. The zero-order valence-corrected chi connectivity index (χ0v) is 7.86. The quantitative estimate of drug-likeness (QED) is 0.649. The van der Waals surface area contributed by atoms with Crippen molar-refractivity contribution >= 4 is 0 Å². The van der Waals surface area contributed by atoms with E-state index < -0.39 is 0 Å². The lowest BCUT2D eigenvalue weighted by Crippen LogP contribution is -2.01. The molecule has 0 unspecified atom stereocenters. The average molecular weight is 172 g/mol. The molecule has 2 nitrogen and oxygen atoms in total. The second-order valence-electron chi connectivity index (χ2n) is 3.30. The molecule has 0 fully saturated rings. The number of rotatable bonds is 1. The molecule has 1 aromatic heterocycles. The molecule has 1 heterocycles.